The average molecular weight is 289 g/mol. The molecule has 13 heavy (non-hydrogen) atoms. The number of hydrogen-bond acceptors (Lipinski definition) is 3. The van der Waals surface area contributed by atoms with E-state index in [4.69, 9.17) is 0 Å². The minimum absolute atomic E-state index is 0.0726. The van der Waals surface area contributed by atoms with Crippen LogP contribution in [0.3, 0.4) is 0 Å². The Kier molecular flexibility index (Phi) is 1.91. The molecule has 0 saturated carbocycles. The first-order valence-corrected chi connectivity index (χ1v) is 4.53. The molecule has 0 atom stereocenters. The van der Waals surface area contributed by atoms with Crippen LogP contribution in [0.2, 0.25) is 0 Å². The molecule has 2 rings (SSSR count). The largest absolute Gasteiger partial charge is 0.288 e. The highest BCUT2D eigenvalue weighted by Crippen LogP contribution is 2.15. The normalized spacial score (nSPS) is 10.5. The summed E-state index contributed by atoms with van der Waals surface area (Å²) in [6, 6.07) is 3.07. The SMILES string of the molecule is O=[N+]([O-])c1ccc2ncc(I)n2c1. The molecule has 0 radical (unpaired) electrons. The molecule has 2 aromatic heterocycles. The van der Waals surface area contributed by atoms with Gasteiger partial charge < -0.3 is 0 Å². The van der Waals surface area contributed by atoms with Crippen LogP contribution in [0.5, 0.6) is 0 Å². The maximum atomic E-state index is 10.4. The summed E-state index contributed by atoms with van der Waals surface area (Å²) in [5.74, 6) is 0. The zero-order chi connectivity index (χ0) is 9.42. The number of rotatable bonds is 1. The van der Waals surface area contributed by atoms with Crippen molar-refractivity contribution in [3.05, 3.63) is 38.3 Å². The quantitative estimate of drug-likeness (QED) is 0.457. The van der Waals surface area contributed by atoms with Crippen molar-refractivity contribution in [2.45, 2.75) is 0 Å². The second-order valence-electron chi connectivity index (χ2n) is 2.45. The zero-order valence-electron chi connectivity index (χ0n) is 6.35. The number of nitro groups is 1. The molecule has 2 aromatic rings. The van der Waals surface area contributed by atoms with E-state index >= 15 is 0 Å². The summed E-state index contributed by atoms with van der Waals surface area (Å²) < 4.78 is 2.54. The van der Waals surface area contributed by atoms with E-state index in [1.807, 2.05) is 0 Å². The lowest BCUT2D eigenvalue weighted by molar-refractivity contribution is -0.385. The van der Waals surface area contributed by atoms with Crippen molar-refractivity contribution in [3.63, 3.8) is 0 Å². The molecule has 0 N–H and O–H groups in total. The van der Waals surface area contributed by atoms with Crippen LogP contribution in [0.1, 0.15) is 0 Å². The van der Waals surface area contributed by atoms with Crippen molar-refractivity contribution in [1.29, 1.82) is 0 Å². The van der Waals surface area contributed by atoms with E-state index in [0.29, 0.717) is 0 Å². The predicted molar refractivity (Wildman–Crippen MR) is 54.6 cm³/mol. The third-order valence-corrected chi connectivity index (χ3v) is 2.45. The van der Waals surface area contributed by atoms with Gasteiger partial charge in [0.15, 0.2) is 0 Å². The number of pyridine rings is 1. The second kappa shape index (κ2) is 2.95. The Hall–Kier alpha value is -1.18. The van der Waals surface area contributed by atoms with E-state index in [0.717, 1.165) is 9.35 Å². The van der Waals surface area contributed by atoms with Crippen molar-refractivity contribution in [2.24, 2.45) is 0 Å². The third kappa shape index (κ3) is 1.37. The Bertz CT molecular complexity index is 480. The zero-order valence-corrected chi connectivity index (χ0v) is 8.50. The average Bonchev–Trinajstić information content (AvgIpc) is 2.47. The minimum Gasteiger partial charge on any atom is -0.288 e. The fraction of sp³-hybridized carbons (Fsp3) is 0. The van der Waals surface area contributed by atoms with Gasteiger partial charge in [-0.3, -0.25) is 14.5 Å². The Balaban J connectivity index is 2.72. The minimum atomic E-state index is -0.421. The smallest absolute Gasteiger partial charge is 0.286 e. The van der Waals surface area contributed by atoms with Crippen LogP contribution in [0.4, 0.5) is 5.69 Å². The van der Waals surface area contributed by atoms with Crippen molar-refractivity contribution in [3.8, 4) is 0 Å². The van der Waals surface area contributed by atoms with Crippen LogP contribution in [0, 0.1) is 13.8 Å². The number of hydrogen-bond donors (Lipinski definition) is 0. The molecule has 0 aliphatic rings. The Morgan fingerprint density at radius 3 is 3.00 bits per heavy atom. The van der Waals surface area contributed by atoms with E-state index < -0.39 is 4.92 Å². The maximum Gasteiger partial charge on any atom is 0.286 e. The van der Waals surface area contributed by atoms with Gasteiger partial charge in [-0.2, -0.15) is 0 Å². The van der Waals surface area contributed by atoms with Crippen molar-refractivity contribution in [2.75, 3.05) is 0 Å². The number of nitrogens with zero attached hydrogens (tertiary/aromatic N) is 3. The van der Waals surface area contributed by atoms with Crippen molar-refractivity contribution >= 4 is 33.9 Å². The molecule has 0 aromatic carbocycles. The van der Waals surface area contributed by atoms with Gasteiger partial charge in [-0.25, -0.2) is 4.98 Å². The fourth-order valence-corrected chi connectivity index (χ4v) is 1.57. The number of fused-ring (bicyclic) bond motifs is 1. The predicted octanol–water partition coefficient (Wildman–Crippen LogP) is 1.85. The van der Waals surface area contributed by atoms with Crippen molar-refractivity contribution in [1.82, 2.24) is 9.38 Å². The Labute approximate surface area is 86.7 Å². The van der Waals surface area contributed by atoms with E-state index in [1.54, 1.807) is 16.7 Å². The standard InChI is InChI=1S/C7H4IN3O2/c8-6-3-9-7-2-1-5(11(12)13)4-10(6)7/h1-4H. The van der Waals surface area contributed by atoms with Crippen LogP contribution >= 0.6 is 22.6 Å². The van der Waals surface area contributed by atoms with Crippen molar-refractivity contribution < 1.29 is 4.92 Å². The van der Waals surface area contributed by atoms with Crippen LogP contribution in [0.15, 0.2) is 24.5 Å². The molecule has 5 nitrogen and oxygen atoms in total. The van der Waals surface area contributed by atoms with Gasteiger partial charge in [0, 0.05) is 6.07 Å². The number of halogens is 1. The van der Waals surface area contributed by atoms with Gasteiger partial charge in [0.05, 0.1) is 17.3 Å². The highest BCUT2D eigenvalue weighted by Gasteiger charge is 2.07. The first-order valence-electron chi connectivity index (χ1n) is 3.45. The lowest BCUT2D eigenvalue weighted by atomic mass is 10.4. The molecule has 0 amide bonds. The van der Waals surface area contributed by atoms with E-state index in [2.05, 4.69) is 27.6 Å². The first-order chi connectivity index (χ1) is 6.18. The van der Waals surface area contributed by atoms with Crippen LogP contribution in [-0.4, -0.2) is 14.3 Å². The van der Waals surface area contributed by atoms with Gasteiger partial charge >= 0.3 is 0 Å². The number of aromatic nitrogens is 2. The first kappa shape index (κ1) is 8.42. The topological polar surface area (TPSA) is 60.4 Å². The lowest BCUT2D eigenvalue weighted by Crippen LogP contribution is -1.92. The summed E-state index contributed by atoms with van der Waals surface area (Å²) in [6.45, 7) is 0. The molecule has 0 spiro atoms. The van der Waals surface area contributed by atoms with Gasteiger partial charge in [0.25, 0.3) is 5.69 Å². The Morgan fingerprint density at radius 2 is 2.31 bits per heavy atom. The van der Waals surface area contributed by atoms with Crippen LogP contribution < -0.4 is 0 Å². The second-order valence-corrected chi connectivity index (χ2v) is 3.56. The summed E-state index contributed by atoms with van der Waals surface area (Å²) in [7, 11) is 0. The van der Waals surface area contributed by atoms with Gasteiger partial charge in [-0.05, 0) is 28.7 Å². The molecule has 2 heterocycles. The van der Waals surface area contributed by atoms with Crippen LogP contribution in [0.25, 0.3) is 5.65 Å². The summed E-state index contributed by atoms with van der Waals surface area (Å²) in [5, 5.41) is 10.4. The van der Waals surface area contributed by atoms with Crippen LogP contribution in [-0.2, 0) is 0 Å². The molecular formula is C7H4IN3O2. The monoisotopic (exact) mass is 289 g/mol. The summed E-state index contributed by atoms with van der Waals surface area (Å²) in [4.78, 5) is 14.1. The van der Waals surface area contributed by atoms with Gasteiger partial charge in [0.1, 0.15) is 9.35 Å². The van der Waals surface area contributed by atoms with E-state index in [1.165, 1.54) is 12.3 Å². The fourth-order valence-electron chi connectivity index (χ4n) is 1.05. The Morgan fingerprint density at radius 1 is 1.54 bits per heavy atom. The van der Waals surface area contributed by atoms with E-state index in [-0.39, 0.29) is 5.69 Å². The molecule has 0 fully saturated rings. The molecule has 0 unspecified atom stereocenters. The molecule has 6 heteroatoms. The van der Waals surface area contributed by atoms with Gasteiger partial charge in [0.2, 0.25) is 0 Å². The molecular weight excluding hydrogens is 285 g/mol. The molecule has 0 aliphatic heterocycles. The molecule has 0 saturated heterocycles. The summed E-state index contributed by atoms with van der Waals surface area (Å²) in [6.07, 6.45) is 3.13. The summed E-state index contributed by atoms with van der Waals surface area (Å²) in [5.41, 5.74) is 0.790. The maximum absolute atomic E-state index is 10.4. The van der Waals surface area contributed by atoms with Gasteiger partial charge in [-0.15, -0.1) is 0 Å². The molecule has 0 bridgehead atoms. The van der Waals surface area contributed by atoms with Gasteiger partial charge in [-0.1, -0.05) is 0 Å². The summed E-state index contributed by atoms with van der Waals surface area (Å²) >= 11 is 2.07. The lowest BCUT2D eigenvalue weighted by Gasteiger charge is -1.94. The number of imidazole rings is 1. The molecule has 66 valence electrons. The third-order valence-electron chi connectivity index (χ3n) is 1.66. The molecule has 0 aliphatic carbocycles. The highest BCUT2D eigenvalue weighted by atomic mass is 127. The van der Waals surface area contributed by atoms with E-state index in [9.17, 15) is 10.1 Å². The highest BCUT2D eigenvalue weighted by molar-refractivity contribution is 14.1.